The first-order valence-corrected chi connectivity index (χ1v) is 8.37. The number of hydrogen-bond acceptors (Lipinski definition) is 2. The molecule has 1 heterocycles. The van der Waals surface area contributed by atoms with Gasteiger partial charge in [-0.1, -0.05) is 31.4 Å². The third-order valence-corrected chi connectivity index (χ3v) is 5.16. The van der Waals surface area contributed by atoms with Crippen molar-refractivity contribution in [2.75, 3.05) is 13.1 Å². The summed E-state index contributed by atoms with van der Waals surface area (Å²) in [5, 5.41) is 14.7. The number of nitrogens with one attached hydrogen (secondary N) is 1. The summed E-state index contributed by atoms with van der Waals surface area (Å²) >= 11 is 0. The van der Waals surface area contributed by atoms with Crippen LogP contribution in [-0.4, -0.2) is 18.2 Å². The predicted molar refractivity (Wildman–Crippen MR) is 82.5 cm³/mol. The van der Waals surface area contributed by atoms with Crippen LogP contribution in [0.15, 0.2) is 24.3 Å². The fraction of sp³-hybridized carbons (Fsp3) is 0.667. The molecule has 1 aromatic rings. The third-order valence-electron chi connectivity index (χ3n) is 5.16. The summed E-state index contributed by atoms with van der Waals surface area (Å²) in [7, 11) is 0. The summed E-state index contributed by atoms with van der Waals surface area (Å²) in [4.78, 5) is 0. The van der Waals surface area contributed by atoms with E-state index in [9.17, 15) is 9.50 Å². The van der Waals surface area contributed by atoms with Crippen molar-refractivity contribution in [1.29, 1.82) is 0 Å². The molecule has 1 aromatic carbocycles. The number of hydrogen-bond donors (Lipinski definition) is 2. The molecule has 0 amide bonds. The van der Waals surface area contributed by atoms with Crippen molar-refractivity contribution in [2.24, 2.45) is 11.8 Å². The van der Waals surface area contributed by atoms with Crippen LogP contribution in [0.2, 0.25) is 0 Å². The second kappa shape index (κ2) is 6.45. The minimum atomic E-state index is -0.885. The van der Waals surface area contributed by atoms with E-state index in [1.54, 1.807) is 6.07 Å². The molecule has 2 unspecified atom stereocenters. The van der Waals surface area contributed by atoms with Crippen LogP contribution in [0.1, 0.15) is 50.5 Å². The van der Waals surface area contributed by atoms with Gasteiger partial charge in [-0.2, -0.15) is 0 Å². The summed E-state index contributed by atoms with van der Waals surface area (Å²) in [5.41, 5.74) is -0.128. The zero-order valence-corrected chi connectivity index (χ0v) is 12.7. The van der Waals surface area contributed by atoms with Gasteiger partial charge in [0.2, 0.25) is 0 Å². The summed E-state index contributed by atoms with van der Waals surface area (Å²) in [5.74, 6) is 0.815. The highest BCUT2D eigenvalue weighted by Crippen LogP contribution is 2.41. The molecule has 1 saturated heterocycles. The van der Waals surface area contributed by atoms with Crippen molar-refractivity contribution in [1.82, 2.24) is 5.32 Å². The van der Waals surface area contributed by atoms with Gasteiger partial charge in [-0.05, 0) is 55.8 Å². The highest BCUT2D eigenvalue weighted by atomic mass is 19.1. The second-order valence-electron chi connectivity index (χ2n) is 6.81. The lowest BCUT2D eigenvalue weighted by atomic mass is 9.74. The number of aliphatic hydroxyl groups is 1. The average Bonchev–Trinajstić information content (AvgIpc) is 3.32. The lowest BCUT2D eigenvalue weighted by Crippen LogP contribution is -2.44. The SMILES string of the molecule is OC(CCCC1CC1)(c1cccc(F)c1)C1CCCNC1. The summed E-state index contributed by atoms with van der Waals surface area (Å²) < 4.78 is 13.6. The monoisotopic (exact) mass is 291 g/mol. The fourth-order valence-electron chi connectivity index (χ4n) is 3.67. The van der Waals surface area contributed by atoms with E-state index in [0.717, 1.165) is 50.3 Å². The highest BCUT2D eigenvalue weighted by Gasteiger charge is 2.39. The molecule has 1 saturated carbocycles. The number of piperidine rings is 1. The van der Waals surface area contributed by atoms with Gasteiger partial charge in [-0.25, -0.2) is 4.39 Å². The lowest BCUT2D eigenvalue weighted by Gasteiger charge is -2.39. The van der Waals surface area contributed by atoms with E-state index in [1.165, 1.54) is 31.4 Å². The van der Waals surface area contributed by atoms with Gasteiger partial charge in [0.05, 0.1) is 5.60 Å². The van der Waals surface area contributed by atoms with Gasteiger partial charge in [0.25, 0.3) is 0 Å². The molecule has 2 nitrogen and oxygen atoms in total. The molecule has 2 aliphatic rings. The van der Waals surface area contributed by atoms with Crippen LogP contribution in [0.25, 0.3) is 0 Å². The largest absolute Gasteiger partial charge is 0.385 e. The molecular formula is C18H26FNO. The molecule has 1 aliphatic heterocycles. The summed E-state index contributed by atoms with van der Waals surface area (Å²) in [6, 6.07) is 6.57. The molecule has 0 aromatic heterocycles. The van der Waals surface area contributed by atoms with Crippen LogP contribution in [0.3, 0.4) is 0 Å². The Morgan fingerprint density at radius 2 is 2.14 bits per heavy atom. The van der Waals surface area contributed by atoms with Gasteiger partial charge in [0, 0.05) is 12.5 Å². The van der Waals surface area contributed by atoms with Crippen molar-refractivity contribution < 1.29 is 9.50 Å². The zero-order chi connectivity index (χ0) is 14.7. The van der Waals surface area contributed by atoms with Gasteiger partial charge in [-0.15, -0.1) is 0 Å². The Labute approximate surface area is 126 Å². The van der Waals surface area contributed by atoms with E-state index in [2.05, 4.69) is 5.32 Å². The van der Waals surface area contributed by atoms with E-state index in [4.69, 9.17) is 0 Å². The smallest absolute Gasteiger partial charge is 0.123 e. The summed E-state index contributed by atoms with van der Waals surface area (Å²) in [6.07, 6.45) is 7.80. The molecule has 3 rings (SSSR count). The summed E-state index contributed by atoms with van der Waals surface area (Å²) in [6.45, 7) is 1.86. The Morgan fingerprint density at radius 3 is 2.81 bits per heavy atom. The average molecular weight is 291 g/mol. The molecule has 0 radical (unpaired) electrons. The topological polar surface area (TPSA) is 32.3 Å². The van der Waals surface area contributed by atoms with Crippen molar-refractivity contribution in [3.8, 4) is 0 Å². The first kappa shape index (κ1) is 15.0. The maximum absolute atomic E-state index is 13.6. The van der Waals surface area contributed by atoms with Crippen LogP contribution in [0.5, 0.6) is 0 Å². The van der Waals surface area contributed by atoms with Gasteiger partial charge in [0.1, 0.15) is 5.82 Å². The third kappa shape index (κ3) is 3.64. The molecule has 116 valence electrons. The first-order chi connectivity index (χ1) is 10.2. The first-order valence-electron chi connectivity index (χ1n) is 8.37. The van der Waals surface area contributed by atoms with Crippen LogP contribution in [0, 0.1) is 17.7 Å². The minimum absolute atomic E-state index is 0.187. The van der Waals surface area contributed by atoms with Crippen molar-refractivity contribution in [2.45, 2.75) is 50.5 Å². The Bertz CT molecular complexity index is 468. The standard InChI is InChI=1S/C18H26FNO/c19-17-7-1-5-15(12-17)18(21,10-2-4-14-8-9-14)16-6-3-11-20-13-16/h1,5,7,12,14,16,20-21H,2-4,6,8-11,13H2. The molecule has 2 atom stereocenters. The van der Waals surface area contributed by atoms with Crippen LogP contribution >= 0.6 is 0 Å². The van der Waals surface area contributed by atoms with Crippen molar-refractivity contribution >= 4 is 0 Å². The molecule has 3 heteroatoms. The van der Waals surface area contributed by atoms with Crippen LogP contribution in [0.4, 0.5) is 4.39 Å². The molecular weight excluding hydrogens is 265 g/mol. The minimum Gasteiger partial charge on any atom is -0.385 e. The van der Waals surface area contributed by atoms with E-state index in [1.807, 2.05) is 6.07 Å². The number of halogens is 1. The Hall–Kier alpha value is -0.930. The van der Waals surface area contributed by atoms with Crippen LogP contribution in [-0.2, 0) is 5.60 Å². The Kier molecular flexibility index (Phi) is 4.60. The number of rotatable bonds is 6. The van der Waals surface area contributed by atoms with Crippen LogP contribution < -0.4 is 5.32 Å². The van der Waals surface area contributed by atoms with Crippen molar-refractivity contribution in [3.63, 3.8) is 0 Å². The molecule has 1 aliphatic carbocycles. The number of benzene rings is 1. The van der Waals surface area contributed by atoms with E-state index in [-0.39, 0.29) is 11.7 Å². The van der Waals surface area contributed by atoms with E-state index >= 15 is 0 Å². The maximum atomic E-state index is 13.6. The van der Waals surface area contributed by atoms with E-state index in [0.29, 0.717) is 0 Å². The molecule has 21 heavy (non-hydrogen) atoms. The van der Waals surface area contributed by atoms with E-state index < -0.39 is 5.60 Å². The lowest BCUT2D eigenvalue weighted by molar-refractivity contribution is -0.0430. The van der Waals surface area contributed by atoms with Gasteiger partial charge >= 0.3 is 0 Å². The predicted octanol–water partition coefficient (Wildman–Crippen LogP) is 3.59. The Morgan fingerprint density at radius 1 is 1.29 bits per heavy atom. The van der Waals surface area contributed by atoms with Crippen molar-refractivity contribution in [3.05, 3.63) is 35.6 Å². The zero-order valence-electron chi connectivity index (χ0n) is 12.7. The van der Waals surface area contributed by atoms with Gasteiger partial charge < -0.3 is 10.4 Å². The molecule has 0 bridgehead atoms. The highest BCUT2D eigenvalue weighted by molar-refractivity contribution is 5.24. The Balaban J connectivity index is 1.77. The molecule has 2 N–H and O–H groups in total. The fourth-order valence-corrected chi connectivity index (χ4v) is 3.67. The van der Waals surface area contributed by atoms with Gasteiger partial charge in [0.15, 0.2) is 0 Å². The second-order valence-corrected chi connectivity index (χ2v) is 6.81. The molecule has 0 spiro atoms. The van der Waals surface area contributed by atoms with Gasteiger partial charge in [-0.3, -0.25) is 0 Å². The quantitative estimate of drug-likeness (QED) is 0.839. The normalized spacial score (nSPS) is 25.5. The molecule has 2 fully saturated rings. The maximum Gasteiger partial charge on any atom is 0.123 e.